The van der Waals surface area contributed by atoms with Crippen LogP contribution in [0.2, 0.25) is 0 Å². The molecule has 0 aliphatic rings. The number of hydrogen-bond donors (Lipinski definition) is 2. The summed E-state index contributed by atoms with van der Waals surface area (Å²) in [6, 6.07) is 4.57. The third kappa shape index (κ3) is 3.97. The van der Waals surface area contributed by atoms with Gasteiger partial charge in [0.05, 0.1) is 5.69 Å². The van der Waals surface area contributed by atoms with E-state index in [0.29, 0.717) is 10.2 Å². The van der Waals surface area contributed by atoms with Crippen molar-refractivity contribution in [1.82, 2.24) is 10.3 Å². The molecule has 8 nitrogen and oxygen atoms in total. The standard InChI is InChI=1S/C21H17F3N4O4S/c1-4-13-9(2)14-15(25)18(33-19(14)26-10(13)3)17(29)16-20(30)32-27-28(16)11-5-7-12(8-6-11)31-21(22,23)24/h5-8H,4H2,1-3H3,(H2-,25,27,29,30)/p+1. The van der Waals surface area contributed by atoms with E-state index in [2.05, 4.69) is 15.0 Å². The van der Waals surface area contributed by atoms with Gasteiger partial charge in [0, 0.05) is 23.2 Å². The molecule has 4 rings (SSSR count). The van der Waals surface area contributed by atoms with Crippen LogP contribution >= 0.6 is 11.3 Å². The number of anilines is 1. The fraction of sp³-hybridized carbons (Fsp3) is 0.238. The average Bonchev–Trinajstić information content (AvgIpc) is 3.27. The van der Waals surface area contributed by atoms with Crippen molar-refractivity contribution >= 4 is 33.0 Å². The Hall–Kier alpha value is -3.67. The Morgan fingerprint density at radius 1 is 1.27 bits per heavy atom. The Balaban J connectivity index is 1.79. The summed E-state index contributed by atoms with van der Waals surface area (Å²) in [4.78, 5) is 31.0. The molecule has 12 heteroatoms. The Labute approximate surface area is 188 Å². The van der Waals surface area contributed by atoms with E-state index in [-0.39, 0.29) is 21.9 Å². The van der Waals surface area contributed by atoms with Crippen LogP contribution in [0.5, 0.6) is 5.75 Å². The Morgan fingerprint density at radius 2 is 1.94 bits per heavy atom. The van der Waals surface area contributed by atoms with Gasteiger partial charge in [-0.1, -0.05) is 6.92 Å². The number of nitrogens with two attached hydrogens (primary N) is 1. The molecule has 0 atom stereocenters. The zero-order valence-corrected chi connectivity index (χ0v) is 18.5. The Bertz CT molecular complexity index is 1440. The number of aromatic amines is 1. The average molecular weight is 479 g/mol. The van der Waals surface area contributed by atoms with Crippen molar-refractivity contribution in [3.63, 3.8) is 0 Å². The fourth-order valence-corrected chi connectivity index (χ4v) is 4.90. The minimum atomic E-state index is -4.85. The van der Waals surface area contributed by atoms with Gasteiger partial charge in [-0.2, -0.15) is 0 Å². The number of carbonyl (C=O) groups is 1. The molecule has 3 aromatic heterocycles. The molecule has 0 radical (unpaired) electrons. The number of nitrogens with one attached hydrogen (secondary N) is 1. The SMILES string of the molecule is CCc1c(C)nc2sc(C(=O)c3c(=O)o[nH][n+]3-c3ccc(OC(F)(F)F)cc3)c(N)c2c1C. The predicted molar refractivity (Wildman–Crippen MR) is 114 cm³/mol. The monoisotopic (exact) mass is 479 g/mol. The summed E-state index contributed by atoms with van der Waals surface area (Å²) in [5, 5.41) is 2.95. The van der Waals surface area contributed by atoms with Gasteiger partial charge in [-0.15, -0.1) is 24.5 Å². The van der Waals surface area contributed by atoms with Gasteiger partial charge >= 0.3 is 17.7 Å². The molecule has 0 bridgehead atoms. The lowest BCUT2D eigenvalue weighted by molar-refractivity contribution is -0.672. The number of H-pyrrole nitrogens is 1. The molecule has 0 fully saturated rings. The second kappa shape index (κ2) is 8.03. The van der Waals surface area contributed by atoms with Crippen LogP contribution in [0, 0.1) is 13.8 Å². The quantitative estimate of drug-likeness (QED) is 0.333. The first kappa shape index (κ1) is 22.5. The van der Waals surface area contributed by atoms with E-state index in [1.807, 2.05) is 20.8 Å². The van der Waals surface area contributed by atoms with Crippen molar-refractivity contribution in [1.29, 1.82) is 0 Å². The maximum Gasteiger partial charge on any atom is 0.573 e. The van der Waals surface area contributed by atoms with Crippen molar-refractivity contribution in [3.8, 4) is 11.4 Å². The van der Waals surface area contributed by atoms with Crippen LogP contribution in [0.15, 0.2) is 33.6 Å². The molecule has 0 saturated heterocycles. The van der Waals surface area contributed by atoms with Crippen molar-refractivity contribution in [2.45, 2.75) is 33.6 Å². The zero-order valence-electron chi connectivity index (χ0n) is 17.7. The smallest absolute Gasteiger partial charge is 0.406 e. The van der Waals surface area contributed by atoms with Crippen molar-refractivity contribution in [2.24, 2.45) is 0 Å². The molecular weight excluding hydrogens is 461 g/mol. The second-order valence-corrected chi connectivity index (χ2v) is 8.21. The first-order valence-electron chi connectivity index (χ1n) is 9.74. The topological polar surface area (TPSA) is 115 Å². The normalized spacial score (nSPS) is 11.8. The highest BCUT2D eigenvalue weighted by atomic mass is 32.1. The molecule has 3 N–H and O–H groups in total. The van der Waals surface area contributed by atoms with Gasteiger partial charge in [-0.3, -0.25) is 9.32 Å². The number of carbonyl (C=O) groups excluding carboxylic acids is 1. The number of ether oxygens (including phenoxy) is 1. The maximum absolute atomic E-state index is 13.3. The van der Waals surface area contributed by atoms with E-state index >= 15 is 0 Å². The first-order valence-corrected chi connectivity index (χ1v) is 10.6. The molecule has 1 aromatic carbocycles. The number of aromatic nitrogens is 3. The number of nitrogens with zero attached hydrogens (tertiary/aromatic N) is 2. The summed E-state index contributed by atoms with van der Waals surface area (Å²) < 4.78 is 46.9. The highest BCUT2D eigenvalue weighted by Gasteiger charge is 2.35. The highest BCUT2D eigenvalue weighted by Crippen LogP contribution is 2.37. The van der Waals surface area contributed by atoms with Crippen molar-refractivity contribution in [2.75, 3.05) is 5.73 Å². The molecule has 3 heterocycles. The van der Waals surface area contributed by atoms with Crippen LogP contribution in [0.4, 0.5) is 18.9 Å². The molecule has 0 amide bonds. The lowest BCUT2D eigenvalue weighted by Gasteiger charge is -2.08. The van der Waals surface area contributed by atoms with Gasteiger partial charge in [0.1, 0.15) is 15.5 Å². The van der Waals surface area contributed by atoms with E-state index in [4.69, 9.17) is 10.3 Å². The maximum atomic E-state index is 13.3. The van der Waals surface area contributed by atoms with E-state index in [0.717, 1.165) is 51.4 Å². The molecule has 0 unspecified atom stereocenters. The third-order valence-electron chi connectivity index (χ3n) is 5.21. The van der Waals surface area contributed by atoms with Crippen LogP contribution in [0.1, 0.15) is 39.1 Å². The van der Waals surface area contributed by atoms with E-state index in [1.165, 1.54) is 12.1 Å². The van der Waals surface area contributed by atoms with Gasteiger partial charge in [-0.25, -0.2) is 9.78 Å². The molecule has 0 saturated carbocycles. The Morgan fingerprint density at radius 3 is 2.55 bits per heavy atom. The summed E-state index contributed by atoms with van der Waals surface area (Å²) >= 11 is 1.06. The van der Waals surface area contributed by atoms with Gasteiger partial charge in [-0.05, 0) is 53.5 Å². The van der Waals surface area contributed by atoms with Crippen LogP contribution in [-0.4, -0.2) is 22.4 Å². The fourth-order valence-electron chi connectivity index (χ4n) is 3.76. The molecule has 33 heavy (non-hydrogen) atoms. The molecule has 0 spiro atoms. The minimum absolute atomic E-state index is 0.117. The molecule has 0 aliphatic heterocycles. The number of nitrogen functional groups attached to an aromatic ring is 1. The van der Waals surface area contributed by atoms with Crippen molar-refractivity contribution in [3.05, 3.63) is 62.1 Å². The number of benzene rings is 1. The number of rotatable bonds is 5. The highest BCUT2D eigenvalue weighted by molar-refractivity contribution is 7.21. The molecular formula is C21H18F3N4O4S+. The number of alkyl halides is 3. The lowest BCUT2D eigenvalue weighted by Crippen LogP contribution is -2.41. The summed E-state index contributed by atoms with van der Waals surface area (Å²) in [6.45, 7) is 5.78. The minimum Gasteiger partial charge on any atom is -0.406 e. The number of hydrogen-bond acceptors (Lipinski definition) is 7. The summed E-state index contributed by atoms with van der Waals surface area (Å²) in [7, 11) is 0. The van der Waals surface area contributed by atoms with E-state index in [9.17, 15) is 22.8 Å². The zero-order chi connectivity index (χ0) is 24.1. The summed E-state index contributed by atoms with van der Waals surface area (Å²) in [6.07, 6.45) is -4.10. The third-order valence-corrected chi connectivity index (χ3v) is 6.31. The van der Waals surface area contributed by atoms with Gasteiger partial charge in [0.2, 0.25) is 5.69 Å². The van der Waals surface area contributed by atoms with Crippen LogP contribution < -0.4 is 20.8 Å². The van der Waals surface area contributed by atoms with Crippen LogP contribution in [0.3, 0.4) is 0 Å². The number of fused-ring (bicyclic) bond motifs is 1. The summed E-state index contributed by atoms with van der Waals surface area (Å²) in [5.41, 5.74) is 8.14. The second-order valence-electron chi connectivity index (χ2n) is 7.21. The number of thiophene rings is 1. The van der Waals surface area contributed by atoms with Crippen LogP contribution in [0.25, 0.3) is 15.9 Å². The van der Waals surface area contributed by atoms with Gasteiger partial charge < -0.3 is 10.5 Å². The number of ketones is 1. The number of pyridine rings is 1. The molecule has 0 aliphatic carbocycles. The summed E-state index contributed by atoms with van der Waals surface area (Å²) in [5.74, 6) is -1.15. The van der Waals surface area contributed by atoms with E-state index in [1.54, 1.807) is 0 Å². The number of aryl methyl sites for hydroxylation is 2. The predicted octanol–water partition coefficient (Wildman–Crippen LogP) is 3.75. The number of halogens is 3. The van der Waals surface area contributed by atoms with Crippen molar-refractivity contribution < 1.29 is 31.9 Å². The van der Waals surface area contributed by atoms with Gasteiger partial charge in [0.15, 0.2) is 0 Å². The van der Waals surface area contributed by atoms with E-state index < -0.39 is 23.5 Å². The molecule has 172 valence electrons. The van der Waals surface area contributed by atoms with Gasteiger partial charge in [0.25, 0.3) is 5.78 Å². The molecule has 4 aromatic rings. The van der Waals surface area contributed by atoms with Crippen LogP contribution in [-0.2, 0) is 6.42 Å². The largest absolute Gasteiger partial charge is 0.573 e. The lowest BCUT2D eigenvalue weighted by atomic mass is 10.0. The first-order chi connectivity index (χ1) is 15.5. The Kier molecular flexibility index (Phi) is 5.48.